The maximum atomic E-state index is 12.9. The van der Waals surface area contributed by atoms with Crippen LogP contribution in [0.1, 0.15) is 168 Å². The van der Waals surface area contributed by atoms with Crippen molar-refractivity contribution < 1.29 is 51.8 Å². The molecule has 1 saturated heterocycles. The summed E-state index contributed by atoms with van der Waals surface area (Å²) in [5, 5.41) is 44.6. The highest BCUT2D eigenvalue weighted by atomic mass is 32.3. The van der Waals surface area contributed by atoms with Crippen LogP contribution in [-0.2, 0) is 28.9 Å². The first-order valence-corrected chi connectivity index (χ1v) is 21.4. The van der Waals surface area contributed by atoms with E-state index in [-0.39, 0.29) is 18.9 Å². The van der Waals surface area contributed by atoms with E-state index < -0.39 is 59.9 Å². The molecule has 1 rings (SSSR count). The van der Waals surface area contributed by atoms with Crippen molar-refractivity contribution in [2.24, 2.45) is 0 Å². The first-order valence-electron chi connectivity index (χ1n) is 20.1. The van der Waals surface area contributed by atoms with E-state index in [2.05, 4.69) is 35.5 Å². The maximum Gasteiger partial charge on any atom is 0.397 e. The Morgan fingerprint density at radius 1 is 0.765 bits per heavy atom. The number of rotatable bonds is 33. The van der Waals surface area contributed by atoms with Crippen LogP contribution < -0.4 is 5.32 Å². The minimum Gasteiger partial charge on any atom is -0.394 e. The van der Waals surface area contributed by atoms with Gasteiger partial charge in [-0.1, -0.05) is 135 Å². The molecule has 1 aliphatic heterocycles. The van der Waals surface area contributed by atoms with Crippen LogP contribution in [0.5, 0.6) is 0 Å². The highest BCUT2D eigenvalue weighted by Gasteiger charge is 2.48. The van der Waals surface area contributed by atoms with Crippen molar-refractivity contribution >= 4 is 16.3 Å². The summed E-state index contributed by atoms with van der Waals surface area (Å²) in [6, 6.07) is -0.856. The molecule has 0 aliphatic carbocycles. The minimum absolute atomic E-state index is 0.242. The van der Waals surface area contributed by atoms with Crippen LogP contribution in [-0.4, -0.2) is 95.4 Å². The number of aliphatic hydroxyl groups excluding tert-OH is 4. The quantitative estimate of drug-likeness (QED) is 0.0246. The Labute approximate surface area is 309 Å². The number of unbranched alkanes of at least 4 members (excludes halogenated alkanes) is 19. The second kappa shape index (κ2) is 30.2. The van der Waals surface area contributed by atoms with Crippen molar-refractivity contribution in [2.75, 3.05) is 13.2 Å². The van der Waals surface area contributed by atoms with Crippen molar-refractivity contribution in [1.29, 1.82) is 0 Å². The lowest BCUT2D eigenvalue weighted by molar-refractivity contribution is -0.298. The second-order valence-electron chi connectivity index (χ2n) is 14.2. The van der Waals surface area contributed by atoms with Gasteiger partial charge in [-0.15, -0.1) is 0 Å². The molecule has 0 aromatic carbocycles. The summed E-state index contributed by atoms with van der Waals surface area (Å²) < 4.78 is 47.4. The molecule has 6 N–H and O–H groups in total. The summed E-state index contributed by atoms with van der Waals surface area (Å²) >= 11 is 0. The van der Waals surface area contributed by atoms with Crippen LogP contribution in [0.25, 0.3) is 0 Å². The minimum atomic E-state index is -5.07. The number of amides is 1. The van der Waals surface area contributed by atoms with Gasteiger partial charge in [-0.05, 0) is 38.5 Å². The van der Waals surface area contributed by atoms with Crippen molar-refractivity contribution in [2.45, 2.75) is 211 Å². The molecule has 12 nitrogen and oxygen atoms in total. The smallest absolute Gasteiger partial charge is 0.394 e. The monoisotopic (exact) mass is 751 g/mol. The molecular weight excluding hydrogens is 678 g/mol. The average Bonchev–Trinajstić information content (AvgIpc) is 3.09. The number of hydrogen-bond donors (Lipinski definition) is 6. The predicted molar refractivity (Wildman–Crippen MR) is 199 cm³/mol. The first kappa shape index (κ1) is 47.9. The van der Waals surface area contributed by atoms with Crippen LogP contribution in [0.15, 0.2) is 12.2 Å². The van der Waals surface area contributed by atoms with Crippen LogP contribution >= 0.6 is 0 Å². The number of ether oxygens (including phenoxy) is 2. The van der Waals surface area contributed by atoms with E-state index in [1.54, 1.807) is 0 Å². The largest absolute Gasteiger partial charge is 0.397 e. The molecule has 13 heteroatoms. The molecule has 0 spiro atoms. The lowest BCUT2D eigenvalue weighted by atomic mass is 9.99. The average molecular weight is 752 g/mol. The molecule has 0 saturated carbocycles. The fourth-order valence-electron chi connectivity index (χ4n) is 6.39. The lowest BCUT2D eigenvalue weighted by Gasteiger charge is -2.41. The van der Waals surface area contributed by atoms with Gasteiger partial charge in [0.05, 0.1) is 25.4 Å². The summed E-state index contributed by atoms with van der Waals surface area (Å²) in [5.41, 5.74) is 0. The number of aliphatic hydroxyl groups is 4. The molecule has 0 bridgehead atoms. The molecule has 1 aliphatic rings. The van der Waals surface area contributed by atoms with Crippen LogP contribution in [0.4, 0.5) is 0 Å². The zero-order chi connectivity index (χ0) is 37.7. The van der Waals surface area contributed by atoms with Gasteiger partial charge in [0.15, 0.2) is 6.29 Å². The van der Waals surface area contributed by atoms with E-state index in [1.807, 2.05) is 0 Å². The molecule has 0 radical (unpaired) electrons. The van der Waals surface area contributed by atoms with E-state index >= 15 is 0 Å². The summed E-state index contributed by atoms with van der Waals surface area (Å²) in [4.78, 5) is 12.9. The van der Waals surface area contributed by atoms with Crippen molar-refractivity contribution in [3.63, 3.8) is 0 Å². The highest BCUT2D eigenvalue weighted by molar-refractivity contribution is 7.80. The van der Waals surface area contributed by atoms with E-state index in [9.17, 15) is 33.6 Å². The van der Waals surface area contributed by atoms with E-state index in [4.69, 9.17) is 14.0 Å². The third-order valence-electron chi connectivity index (χ3n) is 9.57. The van der Waals surface area contributed by atoms with Crippen LogP contribution in [0, 0.1) is 0 Å². The SMILES string of the molecule is CCCCC/C=C\CCCCCCCC(=O)NC(COC1OC(CO)C(O)C(OS(=O)(=O)O)C1O)C(O)CCCCCCCCCCCCCC. The van der Waals surface area contributed by atoms with E-state index in [0.717, 1.165) is 64.2 Å². The summed E-state index contributed by atoms with van der Waals surface area (Å²) in [7, 11) is -5.07. The highest BCUT2D eigenvalue weighted by Crippen LogP contribution is 2.26. The van der Waals surface area contributed by atoms with Gasteiger partial charge in [-0.3, -0.25) is 9.35 Å². The van der Waals surface area contributed by atoms with Gasteiger partial charge in [0, 0.05) is 6.42 Å². The molecule has 0 aromatic rings. The van der Waals surface area contributed by atoms with Gasteiger partial charge in [-0.2, -0.15) is 8.42 Å². The number of carbonyl (C=O) groups excluding carboxylic acids is 1. The predicted octanol–water partition coefficient (Wildman–Crippen LogP) is 6.43. The standard InChI is InChI=1S/C38H73NO11S/c1-3-5-7-9-11-13-15-17-19-21-23-25-27-32(41)31(39-34(42)28-26-24-22-20-18-16-14-12-10-8-6-4-2)30-48-38-36(44)37(50-51(45,46)47)35(43)33(29-40)49-38/h12,14,31-33,35-38,40-41,43-44H,3-11,13,15-30H2,1-2H3,(H,39,42)(H,45,46,47)/b14-12-. The first-order chi connectivity index (χ1) is 24.5. The van der Waals surface area contributed by atoms with E-state index in [1.165, 1.54) is 70.6 Å². The fourth-order valence-corrected chi connectivity index (χ4v) is 6.90. The number of hydrogen-bond acceptors (Lipinski definition) is 10. The third kappa shape index (κ3) is 24.0. The van der Waals surface area contributed by atoms with Crippen LogP contribution in [0.2, 0.25) is 0 Å². The van der Waals surface area contributed by atoms with Gasteiger partial charge in [0.25, 0.3) is 0 Å². The molecule has 1 amide bonds. The van der Waals surface area contributed by atoms with Gasteiger partial charge >= 0.3 is 10.4 Å². The third-order valence-corrected chi connectivity index (χ3v) is 10.0. The molecule has 51 heavy (non-hydrogen) atoms. The van der Waals surface area contributed by atoms with Gasteiger partial charge < -0.3 is 35.2 Å². The van der Waals surface area contributed by atoms with Crippen molar-refractivity contribution in [3.8, 4) is 0 Å². The fraction of sp³-hybridized carbons (Fsp3) is 0.921. The van der Waals surface area contributed by atoms with E-state index in [0.29, 0.717) is 12.8 Å². The molecule has 0 aromatic heterocycles. The molecule has 302 valence electrons. The second-order valence-corrected chi connectivity index (χ2v) is 15.3. The normalized spacial score (nSPS) is 22.4. The Morgan fingerprint density at radius 2 is 1.25 bits per heavy atom. The zero-order valence-electron chi connectivity index (χ0n) is 31.7. The summed E-state index contributed by atoms with van der Waals surface area (Å²) in [6.07, 6.45) is 20.8. The Bertz CT molecular complexity index is 983. The Morgan fingerprint density at radius 3 is 1.80 bits per heavy atom. The van der Waals surface area contributed by atoms with Crippen molar-refractivity contribution in [3.05, 3.63) is 12.2 Å². The van der Waals surface area contributed by atoms with Gasteiger partial charge in [0.1, 0.15) is 24.4 Å². The molecule has 1 heterocycles. The molecule has 7 unspecified atom stereocenters. The van der Waals surface area contributed by atoms with Crippen molar-refractivity contribution in [1.82, 2.24) is 5.32 Å². The number of allylic oxidation sites excluding steroid dienone is 2. The number of carbonyl (C=O) groups is 1. The van der Waals surface area contributed by atoms with Gasteiger partial charge in [-0.25, -0.2) is 4.18 Å². The molecule has 7 atom stereocenters. The molecular formula is C38H73NO11S. The van der Waals surface area contributed by atoms with Gasteiger partial charge in [0.2, 0.25) is 5.91 Å². The Hall–Kier alpha value is -1.16. The lowest BCUT2D eigenvalue weighted by Crippen LogP contribution is -2.61. The Balaban J connectivity index is 2.60. The topological polar surface area (TPSA) is 192 Å². The van der Waals surface area contributed by atoms with Crippen LogP contribution in [0.3, 0.4) is 0 Å². The Kier molecular flexibility index (Phi) is 28.3. The zero-order valence-corrected chi connectivity index (χ0v) is 32.5. The maximum absolute atomic E-state index is 12.9. The number of nitrogens with one attached hydrogen (secondary N) is 1. The molecule has 1 fully saturated rings. The summed E-state index contributed by atoms with van der Waals surface area (Å²) in [5.74, 6) is -0.242. The summed E-state index contributed by atoms with van der Waals surface area (Å²) in [6.45, 7) is 3.38.